The number of rotatable bonds is 9. The first-order valence-electron chi connectivity index (χ1n) is 9.03. The van der Waals surface area contributed by atoms with E-state index in [0.29, 0.717) is 13.0 Å². The second kappa shape index (κ2) is 9.38. The second-order valence-corrected chi connectivity index (χ2v) is 12.6. The number of hydrogen-bond acceptors (Lipinski definition) is 3. The third-order valence-electron chi connectivity index (χ3n) is 4.84. The summed E-state index contributed by atoms with van der Waals surface area (Å²) < 4.78 is 11.7. The van der Waals surface area contributed by atoms with Crippen molar-refractivity contribution < 1.29 is 14.0 Å². The van der Waals surface area contributed by atoms with Gasteiger partial charge >= 0.3 is 5.97 Å². The molecule has 0 saturated carbocycles. The lowest BCUT2D eigenvalue weighted by Gasteiger charge is -2.39. The van der Waals surface area contributed by atoms with Crippen molar-refractivity contribution in [3.8, 4) is 0 Å². The summed E-state index contributed by atoms with van der Waals surface area (Å²) in [6.45, 7) is 13.6. The first-order chi connectivity index (χ1) is 11.2. The third-order valence-corrected chi connectivity index (χ3v) is 9.38. The Balaban J connectivity index is 2.69. The molecule has 0 bridgehead atoms. The monoisotopic (exact) mass is 350 g/mol. The van der Waals surface area contributed by atoms with Gasteiger partial charge in [0.2, 0.25) is 0 Å². The molecule has 1 atom stereocenters. The van der Waals surface area contributed by atoms with E-state index in [1.165, 1.54) is 5.56 Å². The van der Waals surface area contributed by atoms with E-state index in [-0.39, 0.29) is 17.1 Å². The van der Waals surface area contributed by atoms with Gasteiger partial charge in [-0.1, -0.05) is 51.1 Å². The topological polar surface area (TPSA) is 35.5 Å². The van der Waals surface area contributed by atoms with Crippen LogP contribution in [0.2, 0.25) is 18.1 Å². The first-order valence-corrected chi connectivity index (χ1v) is 11.9. The summed E-state index contributed by atoms with van der Waals surface area (Å²) in [5, 5.41) is 0.169. The van der Waals surface area contributed by atoms with Crippen LogP contribution < -0.4 is 0 Å². The molecule has 0 aromatic heterocycles. The SMILES string of the molecule is CCOC(=O)CC[C@@H](CCc1ccccc1)O[Si](C)(C)C(C)(C)C. The lowest BCUT2D eigenvalue weighted by Crippen LogP contribution is -2.44. The van der Waals surface area contributed by atoms with Gasteiger partial charge in [0, 0.05) is 12.5 Å². The van der Waals surface area contributed by atoms with Crippen LogP contribution in [0, 0.1) is 0 Å². The first kappa shape index (κ1) is 20.9. The number of benzene rings is 1. The van der Waals surface area contributed by atoms with Crippen LogP contribution in [0.5, 0.6) is 0 Å². The van der Waals surface area contributed by atoms with E-state index in [1.807, 2.05) is 13.0 Å². The predicted octanol–water partition coefficient (Wildman–Crippen LogP) is 5.35. The average molecular weight is 351 g/mol. The maximum atomic E-state index is 11.7. The number of carbonyl (C=O) groups excluding carboxylic acids is 1. The number of carbonyl (C=O) groups is 1. The van der Waals surface area contributed by atoms with Gasteiger partial charge in [0.15, 0.2) is 8.32 Å². The summed E-state index contributed by atoms with van der Waals surface area (Å²) in [6.07, 6.45) is 3.19. The molecule has 0 saturated heterocycles. The Morgan fingerprint density at radius 1 is 1.12 bits per heavy atom. The molecule has 24 heavy (non-hydrogen) atoms. The maximum absolute atomic E-state index is 11.7. The fourth-order valence-corrected chi connectivity index (χ4v) is 3.76. The Morgan fingerprint density at radius 2 is 1.75 bits per heavy atom. The van der Waals surface area contributed by atoms with Gasteiger partial charge in [0.25, 0.3) is 0 Å². The molecule has 3 nitrogen and oxygen atoms in total. The minimum absolute atomic E-state index is 0.107. The van der Waals surface area contributed by atoms with Crippen molar-refractivity contribution in [2.24, 2.45) is 0 Å². The van der Waals surface area contributed by atoms with Crippen molar-refractivity contribution in [3.05, 3.63) is 35.9 Å². The molecule has 0 unspecified atom stereocenters. The molecule has 0 aliphatic carbocycles. The molecule has 0 spiro atoms. The van der Waals surface area contributed by atoms with Crippen LogP contribution in [0.15, 0.2) is 30.3 Å². The van der Waals surface area contributed by atoms with E-state index >= 15 is 0 Å². The van der Waals surface area contributed by atoms with Crippen molar-refractivity contribution in [1.29, 1.82) is 0 Å². The van der Waals surface area contributed by atoms with Crippen LogP contribution >= 0.6 is 0 Å². The van der Waals surface area contributed by atoms with Gasteiger partial charge in [-0.3, -0.25) is 4.79 Å². The molecule has 0 N–H and O–H groups in total. The molecular formula is C20H34O3Si. The normalized spacial score (nSPS) is 13.6. The van der Waals surface area contributed by atoms with Gasteiger partial charge in [0.1, 0.15) is 0 Å². The molecule has 0 heterocycles. The van der Waals surface area contributed by atoms with Crippen LogP contribution in [-0.4, -0.2) is 27.0 Å². The highest BCUT2D eigenvalue weighted by molar-refractivity contribution is 6.74. The zero-order valence-electron chi connectivity index (χ0n) is 16.2. The van der Waals surface area contributed by atoms with Gasteiger partial charge < -0.3 is 9.16 Å². The van der Waals surface area contributed by atoms with Crippen molar-refractivity contribution in [2.75, 3.05) is 6.61 Å². The highest BCUT2D eigenvalue weighted by atomic mass is 28.4. The largest absolute Gasteiger partial charge is 0.466 e. The zero-order chi connectivity index (χ0) is 18.2. The van der Waals surface area contributed by atoms with Crippen LogP contribution in [-0.2, 0) is 20.4 Å². The quantitative estimate of drug-likeness (QED) is 0.445. The van der Waals surface area contributed by atoms with Crippen molar-refractivity contribution in [3.63, 3.8) is 0 Å². The average Bonchev–Trinajstić information content (AvgIpc) is 2.50. The summed E-state index contributed by atoms with van der Waals surface area (Å²) in [4.78, 5) is 11.7. The molecule has 1 aromatic carbocycles. The number of aryl methyl sites for hydroxylation is 1. The fraction of sp³-hybridized carbons (Fsp3) is 0.650. The van der Waals surface area contributed by atoms with E-state index in [4.69, 9.17) is 9.16 Å². The third kappa shape index (κ3) is 7.18. The van der Waals surface area contributed by atoms with E-state index < -0.39 is 8.32 Å². The van der Waals surface area contributed by atoms with E-state index in [2.05, 4.69) is 58.1 Å². The Kier molecular flexibility index (Phi) is 8.17. The van der Waals surface area contributed by atoms with E-state index in [1.54, 1.807) is 0 Å². The molecule has 0 amide bonds. The smallest absolute Gasteiger partial charge is 0.305 e. The van der Waals surface area contributed by atoms with Crippen LogP contribution in [0.25, 0.3) is 0 Å². The van der Waals surface area contributed by atoms with Gasteiger partial charge in [-0.2, -0.15) is 0 Å². The van der Waals surface area contributed by atoms with E-state index in [9.17, 15) is 4.79 Å². The van der Waals surface area contributed by atoms with Crippen LogP contribution in [0.4, 0.5) is 0 Å². The number of ether oxygens (including phenoxy) is 1. The van der Waals surface area contributed by atoms with Crippen molar-refractivity contribution >= 4 is 14.3 Å². The molecule has 0 aliphatic rings. The lowest BCUT2D eigenvalue weighted by molar-refractivity contribution is -0.143. The summed E-state index contributed by atoms with van der Waals surface area (Å²) in [5.74, 6) is -0.124. The molecule has 0 aliphatic heterocycles. The molecule has 4 heteroatoms. The standard InChI is InChI=1S/C20H34O3Si/c1-7-22-19(21)16-15-18(23-24(5,6)20(2,3)4)14-13-17-11-9-8-10-12-17/h8-12,18H,7,13-16H2,1-6H3/t18-/m1/s1. The summed E-state index contributed by atoms with van der Waals surface area (Å²) in [5.41, 5.74) is 1.32. The zero-order valence-corrected chi connectivity index (χ0v) is 17.2. The molecule has 136 valence electrons. The highest BCUT2D eigenvalue weighted by Crippen LogP contribution is 2.38. The summed E-state index contributed by atoms with van der Waals surface area (Å²) in [7, 11) is -1.85. The molecule has 1 aromatic rings. The second-order valence-electron chi connectivity index (χ2n) is 7.87. The molecule has 1 rings (SSSR count). The minimum Gasteiger partial charge on any atom is -0.466 e. The molecule has 0 fully saturated rings. The molecular weight excluding hydrogens is 316 g/mol. The number of hydrogen-bond donors (Lipinski definition) is 0. The van der Waals surface area contributed by atoms with E-state index in [0.717, 1.165) is 19.3 Å². The van der Waals surface area contributed by atoms with Crippen molar-refractivity contribution in [2.45, 2.75) is 77.6 Å². The number of esters is 1. The lowest BCUT2D eigenvalue weighted by atomic mass is 10.0. The molecule has 0 radical (unpaired) electrons. The van der Waals surface area contributed by atoms with Crippen LogP contribution in [0.3, 0.4) is 0 Å². The van der Waals surface area contributed by atoms with Gasteiger partial charge in [0.05, 0.1) is 6.61 Å². The maximum Gasteiger partial charge on any atom is 0.305 e. The summed E-state index contributed by atoms with van der Waals surface area (Å²) in [6, 6.07) is 10.5. The Labute approximate surface area is 148 Å². The highest BCUT2D eigenvalue weighted by Gasteiger charge is 2.39. The van der Waals surface area contributed by atoms with Gasteiger partial charge in [-0.15, -0.1) is 0 Å². The van der Waals surface area contributed by atoms with Crippen molar-refractivity contribution in [1.82, 2.24) is 0 Å². The van der Waals surface area contributed by atoms with Gasteiger partial charge in [-0.25, -0.2) is 0 Å². The predicted molar refractivity (Wildman–Crippen MR) is 103 cm³/mol. The summed E-state index contributed by atoms with van der Waals surface area (Å²) >= 11 is 0. The Bertz CT molecular complexity index is 491. The minimum atomic E-state index is -1.85. The van der Waals surface area contributed by atoms with Gasteiger partial charge in [-0.05, 0) is 49.9 Å². The Hall–Kier alpha value is -1.13. The Morgan fingerprint density at radius 3 is 2.29 bits per heavy atom. The van der Waals surface area contributed by atoms with Crippen LogP contribution in [0.1, 0.15) is 52.5 Å². The fourth-order valence-electron chi connectivity index (χ4n) is 2.34.